The van der Waals surface area contributed by atoms with E-state index >= 15 is 0 Å². The Morgan fingerprint density at radius 2 is 1.88 bits per heavy atom. The van der Waals surface area contributed by atoms with Crippen LogP contribution in [0.1, 0.15) is 33.1 Å². The summed E-state index contributed by atoms with van der Waals surface area (Å²) in [5.74, 6) is 0. The summed E-state index contributed by atoms with van der Waals surface area (Å²) < 4.78 is 26.3. The SMILES string of the molecule is CC1=C(S(=O)(=O)N2CCCCC2)[C@H](C)N=N1. The Morgan fingerprint density at radius 3 is 2.38 bits per heavy atom. The standard InChI is InChI=1S/C10H17N3O2S/c1-8-10(9(2)12-11-8)16(14,15)13-6-4-3-5-7-13/h8H,3-7H2,1-2H3/t8-/m0/s1. The fourth-order valence-corrected chi connectivity index (χ4v) is 4.13. The van der Waals surface area contributed by atoms with Crippen LogP contribution in [0.15, 0.2) is 20.8 Å². The smallest absolute Gasteiger partial charge is 0.207 e. The number of rotatable bonds is 2. The molecule has 0 aromatic carbocycles. The first kappa shape index (κ1) is 11.7. The van der Waals surface area contributed by atoms with Gasteiger partial charge >= 0.3 is 0 Å². The van der Waals surface area contributed by atoms with Crippen LogP contribution in [0.3, 0.4) is 0 Å². The number of azo groups is 1. The Labute approximate surface area is 96.3 Å². The van der Waals surface area contributed by atoms with Gasteiger partial charge in [-0.3, -0.25) is 0 Å². The zero-order valence-corrected chi connectivity index (χ0v) is 10.5. The molecule has 0 aliphatic carbocycles. The van der Waals surface area contributed by atoms with Crippen LogP contribution < -0.4 is 0 Å². The fraction of sp³-hybridized carbons (Fsp3) is 0.800. The predicted molar refractivity (Wildman–Crippen MR) is 61.4 cm³/mol. The second kappa shape index (κ2) is 4.25. The van der Waals surface area contributed by atoms with E-state index in [0.29, 0.717) is 23.7 Å². The van der Waals surface area contributed by atoms with Gasteiger partial charge in [-0.15, -0.1) is 0 Å². The average molecular weight is 243 g/mol. The highest BCUT2D eigenvalue weighted by Crippen LogP contribution is 2.30. The molecule has 0 aromatic heterocycles. The quantitative estimate of drug-likeness (QED) is 0.743. The van der Waals surface area contributed by atoms with Crippen LogP contribution in [0, 0.1) is 0 Å². The molecule has 0 radical (unpaired) electrons. The summed E-state index contributed by atoms with van der Waals surface area (Å²) in [7, 11) is -3.33. The van der Waals surface area contributed by atoms with Crippen LogP contribution in [-0.4, -0.2) is 31.9 Å². The topological polar surface area (TPSA) is 62.1 Å². The molecule has 5 nitrogen and oxygen atoms in total. The lowest BCUT2D eigenvalue weighted by Gasteiger charge is -2.27. The van der Waals surface area contributed by atoms with E-state index in [9.17, 15) is 8.42 Å². The summed E-state index contributed by atoms with van der Waals surface area (Å²) in [6.45, 7) is 4.75. The summed E-state index contributed by atoms with van der Waals surface area (Å²) in [6.07, 6.45) is 3.02. The Hall–Kier alpha value is -0.750. The zero-order chi connectivity index (χ0) is 11.8. The molecule has 2 heterocycles. The van der Waals surface area contributed by atoms with E-state index in [0.717, 1.165) is 19.3 Å². The van der Waals surface area contributed by atoms with Crippen molar-refractivity contribution in [3.63, 3.8) is 0 Å². The third kappa shape index (κ3) is 1.91. The van der Waals surface area contributed by atoms with Gasteiger partial charge in [0.15, 0.2) is 0 Å². The Balaban J connectivity index is 2.29. The van der Waals surface area contributed by atoms with E-state index in [-0.39, 0.29) is 6.04 Å². The highest BCUT2D eigenvalue weighted by molar-refractivity contribution is 7.93. The number of nitrogens with zero attached hydrogens (tertiary/aromatic N) is 3. The van der Waals surface area contributed by atoms with Crippen molar-refractivity contribution in [1.29, 1.82) is 0 Å². The van der Waals surface area contributed by atoms with Crippen LogP contribution in [-0.2, 0) is 10.0 Å². The molecule has 0 N–H and O–H groups in total. The highest BCUT2D eigenvalue weighted by atomic mass is 32.2. The average Bonchev–Trinajstić information content (AvgIpc) is 2.60. The summed E-state index contributed by atoms with van der Waals surface area (Å²) in [4.78, 5) is 0.384. The minimum absolute atomic E-state index is 0.327. The predicted octanol–water partition coefficient (Wildman–Crippen LogP) is 1.89. The van der Waals surface area contributed by atoms with Crippen LogP contribution in [0.25, 0.3) is 0 Å². The first-order valence-corrected chi connectivity index (χ1v) is 7.09. The summed E-state index contributed by atoms with van der Waals surface area (Å²) >= 11 is 0. The van der Waals surface area contributed by atoms with Gasteiger partial charge in [0.1, 0.15) is 10.9 Å². The van der Waals surface area contributed by atoms with E-state index in [1.807, 2.05) is 0 Å². The molecule has 2 rings (SSSR count). The van der Waals surface area contributed by atoms with Crippen molar-refractivity contribution in [1.82, 2.24) is 4.31 Å². The second-order valence-electron chi connectivity index (χ2n) is 4.31. The monoisotopic (exact) mass is 243 g/mol. The van der Waals surface area contributed by atoms with E-state index in [1.54, 1.807) is 18.2 Å². The van der Waals surface area contributed by atoms with E-state index in [1.165, 1.54) is 0 Å². The van der Waals surface area contributed by atoms with Gasteiger partial charge in [-0.2, -0.15) is 14.5 Å². The first-order chi connectivity index (χ1) is 7.53. The van der Waals surface area contributed by atoms with Gasteiger partial charge < -0.3 is 0 Å². The molecule has 16 heavy (non-hydrogen) atoms. The van der Waals surface area contributed by atoms with Gasteiger partial charge in [-0.1, -0.05) is 6.42 Å². The molecule has 1 saturated heterocycles. The number of piperidine rings is 1. The Bertz CT molecular complexity index is 433. The lowest BCUT2D eigenvalue weighted by Crippen LogP contribution is -2.38. The largest absolute Gasteiger partial charge is 0.243 e. The van der Waals surface area contributed by atoms with Crippen LogP contribution >= 0.6 is 0 Å². The number of hydrogen-bond donors (Lipinski definition) is 0. The van der Waals surface area contributed by atoms with E-state index < -0.39 is 10.0 Å². The second-order valence-corrected chi connectivity index (χ2v) is 6.21. The molecule has 6 heteroatoms. The third-order valence-electron chi connectivity index (χ3n) is 3.05. The maximum atomic E-state index is 12.4. The number of sulfonamides is 1. The zero-order valence-electron chi connectivity index (χ0n) is 9.68. The van der Waals surface area contributed by atoms with Crippen LogP contribution in [0.2, 0.25) is 0 Å². The lowest BCUT2D eigenvalue weighted by atomic mass is 10.2. The van der Waals surface area contributed by atoms with E-state index in [2.05, 4.69) is 10.2 Å². The van der Waals surface area contributed by atoms with Crippen molar-refractivity contribution in [2.45, 2.75) is 39.2 Å². The van der Waals surface area contributed by atoms with Gasteiger partial charge in [0, 0.05) is 13.1 Å². The number of allylic oxidation sites excluding steroid dienone is 1. The molecule has 0 aromatic rings. The van der Waals surface area contributed by atoms with Gasteiger partial charge in [-0.25, -0.2) is 8.42 Å². The molecule has 0 bridgehead atoms. The molecular weight excluding hydrogens is 226 g/mol. The fourth-order valence-electron chi connectivity index (χ4n) is 2.22. The summed E-state index contributed by atoms with van der Waals surface area (Å²) in [5, 5.41) is 7.76. The Morgan fingerprint density at radius 1 is 1.25 bits per heavy atom. The molecule has 1 atom stereocenters. The highest BCUT2D eigenvalue weighted by Gasteiger charge is 2.35. The molecular formula is C10H17N3O2S. The maximum absolute atomic E-state index is 12.4. The molecule has 90 valence electrons. The first-order valence-electron chi connectivity index (χ1n) is 5.65. The third-order valence-corrected chi connectivity index (χ3v) is 5.29. The molecule has 0 amide bonds. The van der Waals surface area contributed by atoms with Crippen molar-refractivity contribution in [2.75, 3.05) is 13.1 Å². The van der Waals surface area contributed by atoms with Crippen molar-refractivity contribution >= 4 is 10.0 Å². The van der Waals surface area contributed by atoms with Gasteiger partial charge in [-0.05, 0) is 26.7 Å². The van der Waals surface area contributed by atoms with Crippen molar-refractivity contribution < 1.29 is 8.42 Å². The van der Waals surface area contributed by atoms with Crippen LogP contribution in [0.4, 0.5) is 0 Å². The normalized spacial score (nSPS) is 27.8. The van der Waals surface area contributed by atoms with Gasteiger partial charge in [0.25, 0.3) is 0 Å². The van der Waals surface area contributed by atoms with E-state index in [4.69, 9.17) is 0 Å². The van der Waals surface area contributed by atoms with Gasteiger partial charge in [0.05, 0.1) is 5.70 Å². The molecule has 0 unspecified atom stereocenters. The van der Waals surface area contributed by atoms with Crippen molar-refractivity contribution in [2.24, 2.45) is 10.2 Å². The maximum Gasteiger partial charge on any atom is 0.243 e. The minimum atomic E-state index is -3.33. The lowest BCUT2D eigenvalue weighted by molar-refractivity contribution is 0.348. The number of hydrogen-bond acceptors (Lipinski definition) is 4. The molecule has 2 aliphatic heterocycles. The van der Waals surface area contributed by atoms with Crippen molar-refractivity contribution in [3.8, 4) is 0 Å². The minimum Gasteiger partial charge on any atom is -0.207 e. The van der Waals surface area contributed by atoms with Gasteiger partial charge in [0.2, 0.25) is 10.0 Å². The molecule has 0 saturated carbocycles. The van der Waals surface area contributed by atoms with Crippen molar-refractivity contribution in [3.05, 3.63) is 10.6 Å². The van der Waals surface area contributed by atoms with Crippen LogP contribution in [0.5, 0.6) is 0 Å². The molecule has 2 aliphatic rings. The Kier molecular flexibility index (Phi) is 3.12. The summed E-state index contributed by atoms with van der Waals surface area (Å²) in [5.41, 5.74) is 0.540. The summed E-state index contributed by atoms with van der Waals surface area (Å²) in [6, 6.07) is -0.327. The molecule has 1 fully saturated rings. The molecule has 0 spiro atoms.